The van der Waals surface area contributed by atoms with Crippen LogP contribution in [0.2, 0.25) is 0 Å². The molecule has 2 unspecified atom stereocenters. The molecule has 0 amide bonds. The Hall–Kier alpha value is -4.90. The topological polar surface area (TPSA) is 26.3 Å². The molecule has 0 saturated carbocycles. The summed E-state index contributed by atoms with van der Waals surface area (Å²) >= 11 is 3.58. The van der Waals surface area contributed by atoms with Gasteiger partial charge in [-0.05, 0) is 81.4 Å². The van der Waals surface area contributed by atoms with Crippen LogP contribution in [-0.2, 0) is 0 Å². The highest BCUT2D eigenvalue weighted by Crippen LogP contribution is 2.50. The maximum atomic E-state index is 6.67. The largest absolute Gasteiger partial charge is 0.460 e. The summed E-state index contributed by atoms with van der Waals surface area (Å²) in [5.74, 6) is 1.55. The maximum Gasteiger partial charge on any atom is 0.143 e. The van der Waals surface area contributed by atoms with Crippen LogP contribution >= 0.6 is 22.7 Å². The van der Waals surface area contributed by atoms with E-state index in [1.165, 1.54) is 31.8 Å². The molecule has 8 aromatic rings. The first kappa shape index (κ1) is 24.5. The Labute approximate surface area is 261 Å². The van der Waals surface area contributed by atoms with Gasteiger partial charge < -0.3 is 8.83 Å². The molecule has 2 aliphatic carbocycles. The molecule has 4 aromatic carbocycles. The van der Waals surface area contributed by atoms with E-state index in [1.807, 2.05) is 0 Å². The number of allylic oxidation sites excluding steroid dienone is 5. The molecule has 0 saturated heterocycles. The second-order valence-electron chi connectivity index (χ2n) is 11.6. The molecule has 4 aromatic heterocycles. The van der Waals surface area contributed by atoms with Gasteiger partial charge in [0.1, 0.15) is 22.5 Å². The Morgan fingerprint density at radius 2 is 1.25 bits per heavy atom. The van der Waals surface area contributed by atoms with Gasteiger partial charge >= 0.3 is 0 Å². The molecule has 0 spiro atoms. The van der Waals surface area contributed by atoms with Gasteiger partial charge in [-0.1, -0.05) is 72.8 Å². The third kappa shape index (κ3) is 3.53. The number of furan rings is 2. The van der Waals surface area contributed by atoms with E-state index in [0.717, 1.165) is 55.2 Å². The van der Waals surface area contributed by atoms with Crippen molar-refractivity contribution in [3.63, 3.8) is 0 Å². The molecule has 10 rings (SSSR count). The average molecular weight is 601 g/mol. The number of hydrogen-bond acceptors (Lipinski definition) is 4. The van der Waals surface area contributed by atoms with Crippen LogP contribution in [0.5, 0.6) is 0 Å². The fraction of sp³-hybridized carbons (Fsp3) is 0.0500. The Kier molecular flexibility index (Phi) is 5.18. The molecule has 208 valence electrons. The minimum atomic E-state index is 0.203. The maximum absolute atomic E-state index is 6.67. The molecular formula is C40H24O2S2. The minimum Gasteiger partial charge on any atom is -0.460 e. The lowest BCUT2D eigenvalue weighted by Crippen LogP contribution is -2.16. The van der Waals surface area contributed by atoms with E-state index in [0.29, 0.717) is 0 Å². The molecule has 4 heteroatoms. The highest BCUT2D eigenvalue weighted by atomic mass is 32.1. The summed E-state index contributed by atoms with van der Waals surface area (Å²) in [6.45, 7) is 0. The van der Waals surface area contributed by atoms with Crippen LogP contribution in [0, 0.1) is 5.92 Å². The van der Waals surface area contributed by atoms with E-state index in [1.54, 1.807) is 22.7 Å². The smallest absolute Gasteiger partial charge is 0.143 e. The van der Waals surface area contributed by atoms with E-state index in [4.69, 9.17) is 8.83 Å². The van der Waals surface area contributed by atoms with Crippen LogP contribution in [0.15, 0.2) is 135 Å². The van der Waals surface area contributed by atoms with Crippen LogP contribution in [-0.4, -0.2) is 0 Å². The summed E-state index contributed by atoms with van der Waals surface area (Å²) in [4.78, 5) is 2.60. The van der Waals surface area contributed by atoms with E-state index in [-0.39, 0.29) is 11.8 Å². The molecule has 4 heterocycles. The summed E-state index contributed by atoms with van der Waals surface area (Å²) in [6, 6.07) is 32.8. The van der Waals surface area contributed by atoms with E-state index in [9.17, 15) is 0 Å². The molecule has 2 nitrogen and oxygen atoms in total. The van der Waals surface area contributed by atoms with Gasteiger partial charge in [-0.25, -0.2) is 0 Å². The van der Waals surface area contributed by atoms with Crippen molar-refractivity contribution in [2.45, 2.75) is 5.92 Å². The predicted molar refractivity (Wildman–Crippen MR) is 186 cm³/mol. The third-order valence-corrected chi connectivity index (χ3v) is 11.1. The predicted octanol–water partition coefficient (Wildman–Crippen LogP) is 12.3. The monoisotopic (exact) mass is 600 g/mol. The second kappa shape index (κ2) is 9.30. The Balaban J connectivity index is 1.12. The molecule has 2 aliphatic rings. The standard InChI is InChI=1S/C40H24O2S2/c1-3-9-29-25(7-1)31(37-11-5-17-43-37)21-33-27-15-13-23(19-35(27)41-39(29)33)24-14-16-28-34-22-32(38-12-6-18-44-38)26-8-2-4-10-30(26)40(34)42-36(28)20-24/h1-22,25,29H. The molecule has 0 aliphatic heterocycles. The van der Waals surface area contributed by atoms with Gasteiger partial charge in [0.2, 0.25) is 0 Å². The highest BCUT2D eigenvalue weighted by Gasteiger charge is 2.34. The summed E-state index contributed by atoms with van der Waals surface area (Å²) in [7, 11) is 0. The molecule has 0 bridgehead atoms. The number of fused-ring (bicyclic) bond motifs is 10. The summed E-state index contributed by atoms with van der Waals surface area (Å²) in [5.41, 5.74) is 8.83. The Bertz CT molecular complexity index is 2500. The van der Waals surface area contributed by atoms with Crippen LogP contribution in [0.25, 0.3) is 76.9 Å². The zero-order chi connectivity index (χ0) is 28.8. The first-order valence-electron chi connectivity index (χ1n) is 14.9. The van der Waals surface area contributed by atoms with Gasteiger partial charge in [-0.3, -0.25) is 0 Å². The Morgan fingerprint density at radius 1 is 0.545 bits per heavy atom. The summed E-state index contributed by atoms with van der Waals surface area (Å²) in [5, 5.41) is 10.1. The fourth-order valence-corrected chi connectivity index (χ4v) is 8.76. The van der Waals surface area contributed by atoms with Gasteiger partial charge in [-0.2, -0.15) is 0 Å². The van der Waals surface area contributed by atoms with Crippen LogP contribution in [0.1, 0.15) is 22.1 Å². The summed E-state index contributed by atoms with van der Waals surface area (Å²) in [6.07, 6.45) is 11.3. The highest BCUT2D eigenvalue weighted by molar-refractivity contribution is 7.13. The Morgan fingerprint density at radius 3 is 2.02 bits per heavy atom. The summed E-state index contributed by atoms with van der Waals surface area (Å²) < 4.78 is 13.3. The fourth-order valence-electron chi connectivity index (χ4n) is 7.21. The van der Waals surface area contributed by atoms with Crippen molar-refractivity contribution >= 4 is 78.0 Å². The zero-order valence-electron chi connectivity index (χ0n) is 23.5. The first-order valence-corrected chi connectivity index (χ1v) is 16.7. The van der Waals surface area contributed by atoms with Gasteiger partial charge in [0, 0.05) is 54.3 Å². The number of rotatable bonds is 3. The number of benzene rings is 4. The lowest BCUT2D eigenvalue weighted by Gasteiger charge is -2.29. The van der Waals surface area contributed by atoms with Crippen molar-refractivity contribution in [2.24, 2.45) is 5.92 Å². The zero-order valence-corrected chi connectivity index (χ0v) is 25.1. The molecule has 0 fully saturated rings. The molecule has 0 N–H and O–H groups in total. The van der Waals surface area contributed by atoms with Crippen molar-refractivity contribution in [3.05, 3.63) is 142 Å². The lowest BCUT2D eigenvalue weighted by atomic mass is 9.75. The van der Waals surface area contributed by atoms with Crippen molar-refractivity contribution in [1.29, 1.82) is 0 Å². The number of hydrogen-bond donors (Lipinski definition) is 0. The van der Waals surface area contributed by atoms with E-state index in [2.05, 4.69) is 132 Å². The van der Waals surface area contributed by atoms with E-state index >= 15 is 0 Å². The van der Waals surface area contributed by atoms with E-state index < -0.39 is 0 Å². The van der Waals surface area contributed by atoms with Crippen LogP contribution in [0.3, 0.4) is 0 Å². The normalized spacial score (nSPS) is 17.5. The van der Waals surface area contributed by atoms with Crippen molar-refractivity contribution < 1.29 is 8.83 Å². The molecule has 0 radical (unpaired) electrons. The second-order valence-corrected chi connectivity index (χ2v) is 13.5. The third-order valence-electron chi connectivity index (χ3n) is 9.26. The van der Waals surface area contributed by atoms with Crippen LogP contribution in [0.4, 0.5) is 0 Å². The SMILES string of the molecule is C1=CC2C(c3cccs3)=Cc3c(oc4cc(-c5ccc6c(c5)oc5c7ccccc7c(-c7cccs7)cc65)ccc34)C2C=C1. The lowest BCUT2D eigenvalue weighted by molar-refractivity contribution is 0.497. The first-order chi connectivity index (χ1) is 21.8. The van der Waals surface area contributed by atoms with Crippen molar-refractivity contribution in [3.8, 4) is 21.6 Å². The van der Waals surface area contributed by atoms with Gasteiger partial charge in [0.25, 0.3) is 0 Å². The van der Waals surface area contributed by atoms with Crippen LogP contribution < -0.4 is 0 Å². The van der Waals surface area contributed by atoms with Crippen molar-refractivity contribution in [1.82, 2.24) is 0 Å². The average Bonchev–Trinajstić information content (AvgIpc) is 3.90. The molecular weight excluding hydrogens is 577 g/mol. The minimum absolute atomic E-state index is 0.203. The molecule has 2 atom stereocenters. The van der Waals surface area contributed by atoms with Gasteiger partial charge in [-0.15, -0.1) is 22.7 Å². The van der Waals surface area contributed by atoms with Gasteiger partial charge in [0.15, 0.2) is 0 Å². The molecule has 44 heavy (non-hydrogen) atoms. The number of thiophene rings is 2. The van der Waals surface area contributed by atoms with Gasteiger partial charge in [0.05, 0.1) is 0 Å². The van der Waals surface area contributed by atoms with Crippen molar-refractivity contribution in [2.75, 3.05) is 0 Å². The quantitative estimate of drug-likeness (QED) is 0.202.